The number of sulfone groups is 1. The van der Waals surface area contributed by atoms with Crippen molar-refractivity contribution in [1.82, 2.24) is 10.6 Å². The summed E-state index contributed by atoms with van der Waals surface area (Å²) in [5.41, 5.74) is 0. The molecule has 0 aromatic rings. The average Bonchev–Trinajstić information content (AvgIpc) is 2.65. The molecule has 0 bridgehead atoms. The SMILES string of the molecule is CC(C)CCNC(=O)C(C)NCC1CCS(=O)(=O)C1. The molecule has 1 amide bonds. The summed E-state index contributed by atoms with van der Waals surface area (Å²) >= 11 is 0. The highest BCUT2D eigenvalue weighted by atomic mass is 32.2. The first kappa shape index (κ1) is 16.4. The molecular formula is C13H26N2O3S. The van der Waals surface area contributed by atoms with Crippen molar-refractivity contribution in [1.29, 1.82) is 0 Å². The Hall–Kier alpha value is -0.620. The number of carbonyl (C=O) groups is 1. The largest absolute Gasteiger partial charge is 0.355 e. The van der Waals surface area contributed by atoms with Crippen LogP contribution in [0, 0.1) is 11.8 Å². The van der Waals surface area contributed by atoms with Crippen LogP contribution in [0.2, 0.25) is 0 Å². The zero-order chi connectivity index (χ0) is 14.5. The maximum atomic E-state index is 11.8. The van der Waals surface area contributed by atoms with Gasteiger partial charge in [0.15, 0.2) is 9.84 Å². The second kappa shape index (κ2) is 7.24. The van der Waals surface area contributed by atoms with Gasteiger partial charge in [-0.05, 0) is 38.1 Å². The van der Waals surface area contributed by atoms with Crippen LogP contribution in [0.15, 0.2) is 0 Å². The summed E-state index contributed by atoms with van der Waals surface area (Å²) in [6, 6.07) is -0.268. The third-order valence-corrected chi connectivity index (χ3v) is 5.29. The zero-order valence-electron chi connectivity index (χ0n) is 12.1. The van der Waals surface area contributed by atoms with Gasteiger partial charge in [-0.1, -0.05) is 13.8 Å². The van der Waals surface area contributed by atoms with Crippen molar-refractivity contribution in [2.75, 3.05) is 24.6 Å². The predicted octanol–water partition coefficient (Wildman–Crippen LogP) is 0.562. The van der Waals surface area contributed by atoms with Crippen LogP contribution in [0.4, 0.5) is 0 Å². The Morgan fingerprint density at radius 3 is 2.53 bits per heavy atom. The summed E-state index contributed by atoms with van der Waals surface area (Å²) < 4.78 is 22.6. The van der Waals surface area contributed by atoms with E-state index in [1.165, 1.54) is 0 Å². The lowest BCUT2D eigenvalue weighted by Gasteiger charge is -2.16. The Balaban J connectivity index is 2.20. The normalized spacial score (nSPS) is 23.5. The molecule has 19 heavy (non-hydrogen) atoms. The van der Waals surface area contributed by atoms with E-state index in [0.717, 1.165) is 6.42 Å². The fraction of sp³-hybridized carbons (Fsp3) is 0.923. The van der Waals surface area contributed by atoms with Gasteiger partial charge in [0.2, 0.25) is 5.91 Å². The zero-order valence-corrected chi connectivity index (χ0v) is 12.9. The minimum absolute atomic E-state index is 0.0125. The molecule has 2 atom stereocenters. The lowest BCUT2D eigenvalue weighted by molar-refractivity contribution is -0.122. The molecule has 1 rings (SSSR count). The average molecular weight is 290 g/mol. The standard InChI is InChI=1S/C13H26N2O3S/c1-10(2)4-6-14-13(16)11(3)15-8-12-5-7-19(17,18)9-12/h10-12,15H,4-9H2,1-3H3,(H,14,16). The Labute approximate surface area is 116 Å². The molecule has 0 aliphatic carbocycles. The smallest absolute Gasteiger partial charge is 0.236 e. The molecule has 0 aromatic heterocycles. The number of hydrogen-bond acceptors (Lipinski definition) is 4. The van der Waals surface area contributed by atoms with Crippen LogP contribution in [0.3, 0.4) is 0 Å². The van der Waals surface area contributed by atoms with E-state index < -0.39 is 9.84 Å². The molecule has 0 saturated carbocycles. The van der Waals surface area contributed by atoms with Gasteiger partial charge in [-0.3, -0.25) is 4.79 Å². The molecule has 1 aliphatic heterocycles. The molecule has 0 spiro atoms. The summed E-state index contributed by atoms with van der Waals surface area (Å²) in [6.07, 6.45) is 1.68. The second-order valence-electron chi connectivity index (χ2n) is 5.87. The third-order valence-electron chi connectivity index (χ3n) is 3.45. The fourth-order valence-corrected chi connectivity index (χ4v) is 3.97. The highest BCUT2D eigenvalue weighted by Crippen LogP contribution is 2.17. The Kier molecular flexibility index (Phi) is 6.26. The number of amides is 1. The van der Waals surface area contributed by atoms with Crippen LogP contribution in [0.1, 0.15) is 33.6 Å². The van der Waals surface area contributed by atoms with E-state index in [9.17, 15) is 13.2 Å². The van der Waals surface area contributed by atoms with Gasteiger partial charge in [0.25, 0.3) is 0 Å². The van der Waals surface area contributed by atoms with Crippen LogP contribution in [-0.4, -0.2) is 45.0 Å². The number of carbonyl (C=O) groups excluding carboxylic acids is 1. The second-order valence-corrected chi connectivity index (χ2v) is 8.10. The molecule has 112 valence electrons. The predicted molar refractivity (Wildman–Crippen MR) is 76.7 cm³/mol. The van der Waals surface area contributed by atoms with Gasteiger partial charge < -0.3 is 10.6 Å². The summed E-state index contributed by atoms with van der Waals surface area (Å²) in [7, 11) is -2.83. The van der Waals surface area contributed by atoms with Crippen molar-refractivity contribution in [2.45, 2.75) is 39.7 Å². The first-order chi connectivity index (χ1) is 8.80. The first-order valence-electron chi connectivity index (χ1n) is 7.01. The Bertz CT molecular complexity index is 393. The summed E-state index contributed by atoms with van der Waals surface area (Å²) in [6.45, 7) is 7.34. The molecule has 5 nitrogen and oxygen atoms in total. The monoisotopic (exact) mass is 290 g/mol. The lowest BCUT2D eigenvalue weighted by atomic mass is 10.1. The van der Waals surface area contributed by atoms with Crippen LogP contribution in [0.5, 0.6) is 0 Å². The van der Waals surface area contributed by atoms with Crippen molar-refractivity contribution in [3.8, 4) is 0 Å². The molecule has 1 aliphatic rings. The van der Waals surface area contributed by atoms with Crippen molar-refractivity contribution in [2.24, 2.45) is 11.8 Å². The van der Waals surface area contributed by atoms with Gasteiger partial charge >= 0.3 is 0 Å². The molecule has 1 saturated heterocycles. The quantitative estimate of drug-likeness (QED) is 0.718. The van der Waals surface area contributed by atoms with E-state index in [4.69, 9.17) is 0 Å². The lowest BCUT2D eigenvalue weighted by Crippen LogP contribution is -2.44. The summed E-state index contributed by atoms with van der Waals surface area (Å²) in [4.78, 5) is 11.8. The fourth-order valence-electron chi connectivity index (χ4n) is 2.11. The molecule has 2 unspecified atom stereocenters. The summed E-state index contributed by atoms with van der Waals surface area (Å²) in [5, 5.41) is 6.01. The van der Waals surface area contributed by atoms with E-state index >= 15 is 0 Å². The van der Waals surface area contributed by atoms with Gasteiger partial charge in [-0.15, -0.1) is 0 Å². The highest BCUT2D eigenvalue weighted by molar-refractivity contribution is 7.91. The van der Waals surface area contributed by atoms with Gasteiger partial charge in [0.05, 0.1) is 17.5 Å². The molecular weight excluding hydrogens is 264 g/mol. The highest BCUT2D eigenvalue weighted by Gasteiger charge is 2.28. The van der Waals surface area contributed by atoms with Gasteiger partial charge in [0.1, 0.15) is 0 Å². The first-order valence-corrected chi connectivity index (χ1v) is 8.84. The molecule has 2 N–H and O–H groups in total. The molecule has 0 aromatic carbocycles. The van der Waals surface area contributed by atoms with E-state index in [-0.39, 0.29) is 29.4 Å². The summed E-state index contributed by atoms with van der Waals surface area (Å²) in [5.74, 6) is 1.25. The van der Waals surface area contributed by atoms with Crippen molar-refractivity contribution >= 4 is 15.7 Å². The minimum atomic E-state index is -2.83. The molecule has 1 heterocycles. The maximum absolute atomic E-state index is 11.8. The van der Waals surface area contributed by atoms with Gasteiger partial charge in [-0.2, -0.15) is 0 Å². The van der Waals surface area contributed by atoms with Crippen molar-refractivity contribution in [3.63, 3.8) is 0 Å². The number of nitrogens with one attached hydrogen (secondary N) is 2. The van der Waals surface area contributed by atoms with Crippen molar-refractivity contribution in [3.05, 3.63) is 0 Å². The van der Waals surface area contributed by atoms with Crippen LogP contribution >= 0.6 is 0 Å². The van der Waals surface area contributed by atoms with E-state index in [1.54, 1.807) is 0 Å². The van der Waals surface area contributed by atoms with Gasteiger partial charge in [0, 0.05) is 6.54 Å². The topological polar surface area (TPSA) is 75.3 Å². The Morgan fingerprint density at radius 2 is 2.00 bits per heavy atom. The number of hydrogen-bond donors (Lipinski definition) is 2. The molecule has 1 fully saturated rings. The van der Waals surface area contributed by atoms with E-state index in [1.807, 2.05) is 6.92 Å². The van der Waals surface area contributed by atoms with E-state index in [2.05, 4.69) is 24.5 Å². The van der Waals surface area contributed by atoms with Crippen molar-refractivity contribution < 1.29 is 13.2 Å². The van der Waals surface area contributed by atoms with Crippen LogP contribution in [-0.2, 0) is 14.6 Å². The van der Waals surface area contributed by atoms with Gasteiger partial charge in [-0.25, -0.2) is 8.42 Å². The molecule has 0 radical (unpaired) electrons. The maximum Gasteiger partial charge on any atom is 0.236 e. The third kappa shape index (κ3) is 6.38. The van der Waals surface area contributed by atoms with Crippen LogP contribution < -0.4 is 10.6 Å². The van der Waals surface area contributed by atoms with Crippen LogP contribution in [0.25, 0.3) is 0 Å². The Morgan fingerprint density at radius 1 is 1.32 bits per heavy atom. The molecule has 6 heteroatoms. The number of rotatable bonds is 7. The minimum Gasteiger partial charge on any atom is -0.355 e. The van der Waals surface area contributed by atoms with E-state index in [0.29, 0.717) is 25.4 Å².